The van der Waals surface area contributed by atoms with E-state index in [9.17, 15) is 14.7 Å². The summed E-state index contributed by atoms with van der Waals surface area (Å²) in [7, 11) is 1.50. The highest BCUT2D eigenvalue weighted by Crippen LogP contribution is 2.46. The quantitative estimate of drug-likeness (QED) is 0.488. The number of carbonyl (C=O) groups is 2. The minimum Gasteiger partial charge on any atom is -0.503 e. The number of halogens is 1. The van der Waals surface area contributed by atoms with E-state index in [2.05, 4.69) is 4.98 Å². The Morgan fingerprint density at radius 2 is 2.00 bits per heavy atom. The molecule has 2 aromatic heterocycles. The van der Waals surface area contributed by atoms with Crippen LogP contribution in [0.4, 0.5) is 5.69 Å². The second kappa shape index (κ2) is 8.11. The molecule has 3 aromatic rings. The van der Waals surface area contributed by atoms with Gasteiger partial charge in [-0.1, -0.05) is 11.6 Å². The van der Waals surface area contributed by atoms with Crippen molar-refractivity contribution in [1.29, 1.82) is 0 Å². The number of Topliss-reactive ketones (excluding diaryl/α,β-unsaturated/α-hetero) is 1. The average Bonchev–Trinajstić information content (AvgIpc) is 3.37. The van der Waals surface area contributed by atoms with Crippen molar-refractivity contribution in [2.24, 2.45) is 0 Å². The van der Waals surface area contributed by atoms with Crippen molar-refractivity contribution in [2.75, 3.05) is 12.0 Å². The fraction of sp³-hybridized carbons (Fsp3) is 0.227. The Morgan fingerprint density at radius 1 is 1.26 bits per heavy atom. The van der Waals surface area contributed by atoms with E-state index in [0.717, 1.165) is 15.4 Å². The van der Waals surface area contributed by atoms with Gasteiger partial charge in [-0.25, -0.2) is 4.98 Å². The molecule has 1 N–H and O–H groups in total. The van der Waals surface area contributed by atoms with Gasteiger partial charge in [-0.2, -0.15) is 0 Å². The first-order valence-electron chi connectivity index (χ1n) is 9.37. The number of amides is 1. The summed E-state index contributed by atoms with van der Waals surface area (Å²) < 4.78 is 5.21. The zero-order valence-corrected chi connectivity index (χ0v) is 19.6. The van der Waals surface area contributed by atoms with Gasteiger partial charge in [0.25, 0.3) is 5.91 Å². The lowest BCUT2D eigenvalue weighted by Crippen LogP contribution is -2.31. The number of hydrogen-bond donors (Lipinski definition) is 1. The highest BCUT2D eigenvalue weighted by molar-refractivity contribution is 7.14. The number of aliphatic hydroxyl groups excluding tert-OH is 1. The van der Waals surface area contributed by atoms with Crippen LogP contribution in [0.5, 0.6) is 5.75 Å². The number of aliphatic hydroxyl groups is 1. The van der Waals surface area contributed by atoms with Crippen LogP contribution in [0.15, 0.2) is 41.0 Å². The zero-order valence-electron chi connectivity index (χ0n) is 17.2. The average molecular weight is 475 g/mol. The van der Waals surface area contributed by atoms with Gasteiger partial charge in [0.2, 0.25) is 5.78 Å². The number of ether oxygens (including phenoxy) is 1. The number of aromatic nitrogens is 1. The second-order valence-corrected chi connectivity index (χ2v) is 9.66. The summed E-state index contributed by atoms with van der Waals surface area (Å²) >= 11 is 8.98. The fourth-order valence-electron chi connectivity index (χ4n) is 3.69. The molecule has 0 radical (unpaired) electrons. The van der Waals surface area contributed by atoms with Crippen molar-refractivity contribution in [2.45, 2.75) is 26.8 Å². The Hall–Kier alpha value is -2.68. The molecule has 0 aliphatic carbocycles. The van der Waals surface area contributed by atoms with Crippen molar-refractivity contribution in [3.63, 3.8) is 0 Å². The first-order valence-corrected chi connectivity index (χ1v) is 11.4. The third-order valence-corrected chi connectivity index (χ3v) is 7.56. The van der Waals surface area contributed by atoms with Crippen LogP contribution >= 0.6 is 34.3 Å². The largest absolute Gasteiger partial charge is 0.503 e. The Bertz CT molecular complexity index is 1240. The molecule has 1 aliphatic rings. The number of carbonyl (C=O) groups excluding carboxylic acids is 2. The van der Waals surface area contributed by atoms with Crippen molar-refractivity contribution in [3.8, 4) is 5.75 Å². The van der Waals surface area contributed by atoms with Gasteiger partial charge in [-0.3, -0.25) is 14.5 Å². The molecule has 1 amide bonds. The smallest absolute Gasteiger partial charge is 0.294 e. The van der Waals surface area contributed by atoms with Crippen LogP contribution in [-0.2, 0) is 4.79 Å². The second-order valence-electron chi connectivity index (χ2n) is 7.10. The number of thiophene rings is 1. The molecule has 0 fully saturated rings. The number of ketones is 1. The standard InChI is InChI=1S/C22H19ClN2O4S2/c1-10-7-8-30-20(10)17-16(18(26)21-11(2)24-12(3)31-21)19(27)22(28)25(17)13-5-6-15(29-4)14(23)9-13/h5-9,17,27H,1-4H3. The van der Waals surface area contributed by atoms with Crippen molar-refractivity contribution >= 4 is 51.7 Å². The predicted octanol–water partition coefficient (Wildman–Crippen LogP) is 5.57. The van der Waals surface area contributed by atoms with E-state index in [4.69, 9.17) is 16.3 Å². The molecule has 1 aromatic carbocycles. The summed E-state index contributed by atoms with van der Waals surface area (Å²) in [4.78, 5) is 33.7. The Labute approximate surface area is 192 Å². The highest BCUT2D eigenvalue weighted by atomic mass is 35.5. The number of nitrogens with zero attached hydrogens (tertiary/aromatic N) is 2. The zero-order chi connectivity index (χ0) is 22.4. The SMILES string of the molecule is COc1ccc(N2C(=O)C(O)=C(C(=O)c3sc(C)nc3C)C2c2sccc2C)cc1Cl. The van der Waals surface area contributed by atoms with Gasteiger partial charge in [0, 0.05) is 10.6 Å². The van der Waals surface area contributed by atoms with E-state index >= 15 is 0 Å². The van der Waals surface area contributed by atoms with Crippen molar-refractivity contribution in [3.05, 3.63) is 72.0 Å². The van der Waals surface area contributed by atoms with Crippen LogP contribution < -0.4 is 9.64 Å². The van der Waals surface area contributed by atoms with E-state index in [1.165, 1.54) is 34.7 Å². The topological polar surface area (TPSA) is 79.7 Å². The van der Waals surface area contributed by atoms with Crippen LogP contribution in [0.25, 0.3) is 0 Å². The van der Waals surface area contributed by atoms with E-state index in [0.29, 0.717) is 27.0 Å². The summed E-state index contributed by atoms with van der Waals surface area (Å²) in [6, 6.07) is 6.07. The van der Waals surface area contributed by atoms with E-state index in [1.54, 1.807) is 25.1 Å². The minimum absolute atomic E-state index is 0.0502. The predicted molar refractivity (Wildman–Crippen MR) is 123 cm³/mol. The van der Waals surface area contributed by atoms with Gasteiger partial charge in [-0.15, -0.1) is 22.7 Å². The van der Waals surface area contributed by atoms with Crippen molar-refractivity contribution < 1.29 is 19.4 Å². The lowest BCUT2D eigenvalue weighted by atomic mass is 9.98. The molecule has 0 spiro atoms. The van der Waals surface area contributed by atoms with E-state index in [1.807, 2.05) is 25.3 Å². The van der Waals surface area contributed by atoms with Crippen LogP contribution in [0.3, 0.4) is 0 Å². The van der Waals surface area contributed by atoms with Crippen LogP contribution in [0.1, 0.15) is 36.9 Å². The molecule has 1 unspecified atom stereocenters. The maximum absolute atomic E-state index is 13.5. The molecular weight excluding hydrogens is 456 g/mol. The third kappa shape index (κ3) is 3.54. The maximum atomic E-state index is 13.5. The summed E-state index contributed by atoms with van der Waals surface area (Å²) in [6.45, 7) is 5.47. The molecule has 4 rings (SSSR count). The van der Waals surface area contributed by atoms with E-state index in [-0.39, 0.29) is 5.57 Å². The monoisotopic (exact) mass is 474 g/mol. The number of aryl methyl sites for hydroxylation is 3. The molecule has 0 saturated carbocycles. The van der Waals surface area contributed by atoms with E-state index < -0.39 is 23.5 Å². The summed E-state index contributed by atoms with van der Waals surface area (Å²) in [6.07, 6.45) is 0. The number of anilines is 1. The summed E-state index contributed by atoms with van der Waals surface area (Å²) in [5.41, 5.74) is 2.01. The lowest BCUT2D eigenvalue weighted by molar-refractivity contribution is -0.117. The molecule has 0 bridgehead atoms. The molecule has 1 aliphatic heterocycles. The first kappa shape index (κ1) is 21.5. The van der Waals surface area contributed by atoms with Gasteiger partial charge in [0.1, 0.15) is 11.8 Å². The fourth-order valence-corrected chi connectivity index (χ4v) is 5.84. The molecule has 31 heavy (non-hydrogen) atoms. The number of methoxy groups -OCH3 is 1. The molecule has 9 heteroatoms. The highest BCUT2D eigenvalue weighted by Gasteiger charge is 2.46. The summed E-state index contributed by atoms with van der Waals surface area (Å²) in [5.74, 6) is -1.14. The number of hydrogen-bond acceptors (Lipinski definition) is 7. The van der Waals surface area contributed by atoms with Crippen LogP contribution in [0.2, 0.25) is 5.02 Å². The van der Waals surface area contributed by atoms with Crippen LogP contribution in [0, 0.1) is 20.8 Å². The van der Waals surface area contributed by atoms with Crippen molar-refractivity contribution in [1.82, 2.24) is 4.98 Å². The number of benzene rings is 1. The normalized spacial score (nSPS) is 16.4. The van der Waals surface area contributed by atoms with Gasteiger partial charge < -0.3 is 9.84 Å². The van der Waals surface area contributed by atoms with Gasteiger partial charge in [-0.05, 0) is 56.0 Å². The Morgan fingerprint density at radius 3 is 2.55 bits per heavy atom. The van der Waals surface area contributed by atoms with Gasteiger partial charge >= 0.3 is 0 Å². The number of thiazole rings is 1. The molecule has 3 heterocycles. The molecular formula is C22H19ClN2O4S2. The third-order valence-electron chi connectivity index (χ3n) is 5.13. The maximum Gasteiger partial charge on any atom is 0.294 e. The number of rotatable bonds is 5. The summed E-state index contributed by atoms with van der Waals surface area (Å²) in [5, 5.41) is 13.8. The first-order chi connectivity index (χ1) is 14.7. The molecule has 0 saturated heterocycles. The van der Waals surface area contributed by atoms with Crippen LogP contribution in [-0.4, -0.2) is 28.9 Å². The molecule has 160 valence electrons. The lowest BCUT2D eigenvalue weighted by Gasteiger charge is -2.26. The van der Waals surface area contributed by atoms with Gasteiger partial charge in [0.15, 0.2) is 5.76 Å². The Kier molecular flexibility index (Phi) is 5.63. The molecule has 1 atom stereocenters. The van der Waals surface area contributed by atoms with Gasteiger partial charge in [0.05, 0.1) is 33.3 Å². The Balaban J connectivity index is 1.89. The molecule has 6 nitrogen and oxygen atoms in total. The minimum atomic E-state index is -0.772.